The number of hydrogen-bond acceptors (Lipinski definition) is 8. The number of nitrogens with one attached hydrogen (secondary N) is 1. The van der Waals surface area contributed by atoms with E-state index in [1.807, 2.05) is 30.3 Å². The third-order valence-electron chi connectivity index (χ3n) is 7.29. The number of benzene rings is 3. The van der Waals surface area contributed by atoms with Crippen LogP contribution >= 0.6 is 0 Å². The smallest absolute Gasteiger partial charge is 0.305 e. The second kappa shape index (κ2) is 15.2. The maximum atomic E-state index is 11.2. The SMILES string of the molecule is COC(=O)CCCCCCNCc1c(OC)cc(OCc2cccc(-c3ccc4c(c3)OCCO4)c2C)cc1OC. The highest BCUT2D eigenvalue weighted by molar-refractivity contribution is 5.71. The molecule has 1 heterocycles. The van der Waals surface area contributed by atoms with Gasteiger partial charge in [-0.15, -0.1) is 0 Å². The zero-order chi connectivity index (χ0) is 29.0. The molecule has 4 rings (SSSR count). The summed E-state index contributed by atoms with van der Waals surface area (Å²) in [6.45, 7) is 5.13. The molecular weight excluding hydrogens is 522 g/mol. The topological polar surface area (TPSA) is 84.5 Å². The molecule has 3 aromatic rings. The van der Waals surface area contributed by atoms with E-state index in [0.29, 0.717) is 50.0 Å². The Labute approximate surface area is 242 Å². The Bertz CT molecular complexity index is 1280. The average Bonchev–Trinajstić information content (AvgIpc) is 3.01. The fourth-order valence-electron chi connectivity index (χ4n) is 4.93. The van der Waals surface area contributed by atoms with Gasteiger partial charge in [0.05, 0.1) is 26.9 Å². The Kier molecular flexibility index (Phi) is 11.1. The van der Waals surface area contributed by atoms with E-state index in [2.05, 4.69) is 35.2 Å². The third kappa shape index (κ3) is 8.07. The van der Waals surface area contributed by atoms with Crippen molar-refractivity contribution in [3.63, 3.8) is 0 Å². The molecule has 0 unspecified atom stereocenters. The summed E-state index contributed by atoms with van der Waals surface area (Å²) in [4.78, 5) is 11.2. The Balaban J connectivity index is 1.36. The number of methoxy groups -OCH3 is 3. The second-order valence-electron chi connectivity index (χ2n) is 9.96. The fraction of sp³-hybridized carbons (Fsp3) is 0.424. The standard InChI is InChI=1S/C33H41NO7/c1-23-25(10-9-11-27(23)24-13-14-29-32(18-24)40-17-16-39-29)22-41-26-19-30(36-2)28(31(20-26)37-3)21-34-15-8-6-5-7-12-33(35)38-4/h9-11,13-14,18-20,34H,5-8,12,15-17,21-22H2,1-4H3. The first-order valence-corrected chi connectivity index (χ1v) is 14.2. The average molecular weight is 564 g/mol. The molecule has 0 bridgehead atoms. The van der Waals surface area contributed by atoms with Gasteiger partial charge in [0.1, 0.15) is 37.1 Å². The molecule has 0 radical (unpaired) electrons. The molecule has 1 N–H and O–H groups in total. The van der Waals surface area contributed by atoms with Gasteiger partial charge in [0, 0.05) is 25.1 Å². The number of carbonyl (C=O) groups is 1. The normalized spacial score (nSPS) is 12.1. The van der Waals surface area contributed by atoms with E-state index in [-0.39, 0.29) is 5.97 Å². The molecule has 1 aliphatic heterocycles. The van der Waals surface area contributed by atoms with E-state index in [9.17, 15) is 4.79 Å². The van der Waals surface area contributed by atoms with Crippen LogP contribution in [0.15, 0.2) is 48.5 Å². The molecule has 3 aromatic carbocycles. The Morgan fingerprint density at radius 3 is 2.34 bits per heavy atom. The maximum Gasteiger partial charge on any atom is 0.305 e. The number of esters is 1. The largest absolute Gasteiger partial charge is 0.496 e. The molecule has 0 spiro atoms. The van der Waals surface area contributed by atoms with Crippen LogP contribution in [0.3, 0.4) is 0 Å². The Morgan fingerprint density at radius 2 is 1.61 bits per heavy atom. The Hall–Kier alpha value is -3.91. The lowest BCUT2D eigenvalue weighted by molar-refractivity contribution is -0.140. The van der Waals surface area contributed by atoms with Crippen molar-refractivity contribution in [2.75, 3.05) is 41.1 Å². The van der Waals surface area contributed by atoms with Gasteiger partial charge in [0.2, 0.25) is 0 Å². The highest BCUT2D eigenvalue weighted by Crippen LogP contribution is 2.37. The molecular formula is C33H41NO7. The zero-order valence-corrected chi connectivity index (χ0v) is 24.5. The molecule has 8 nitrogen and oxygen atoms in total. The summed E-state index contributed by atoms with van der Waals surface area (Å²) in [5.41, 5.74) is 5.39. The lowest BCUT2D eigenvalue weighted by Gasteiger charge is -2.20. The van der Waals surface area contributed by atoms with E-state index in [1.54, 1.807) is 14.2 Å². The summed E-state index contributed by atoms with van der Waals surface area (Å²) in [5.74, 6) is 3.52. The summed E-state index contributed by atoms with van der Waals surface area (Å²) in [6.07, 6.45) is 4.43. The van der Waals surface area contributed by atoms with Crippen LogP contribution in [0.2, 0.25) is 0 Å². The van der Waals surface area contributed by atoms with E-state index >= 15 is 0 Å². The van der Waals surface area contributed by atoms with Crippen molar-refractivity contribution >= 4 is 5.97 Å². The van der Waals surface area contributed by atoms with Crippen molar-refractivity contribution in [3.05, 3.63) is 65.2 Å². The van der Waals surface area contributed by atoms with Gasteiger partial charge in [-0.25, -0.2) is 0 Å². The third-order valence-corrected chi connectivity index (χ3v) is 7.29. The van der Waals surface area contributed by atoms with Crippen LogP contribution in [-0.4, -0.2) is 47.1 Å². The molecule has 0 fully saturated rings. The van der Waals surface area contributed by atoms with Gasteiger partial charge in [-0.1, -0.05) is 37.1 Å². The van der Waals surface area contributed by atoms with Crippen LogP contribution in [0.1, 0.15) is 48.8 Å². The second-order valence-corrected chi connectivity index (χ2v) is 9.96. The first kappa shape index (κ1) is 30.1. The number of unbranched alkanes of at least 4 members (excludes halogenated alkanes) is 3. The molecule has 0 aromatic heterocycles. The number of rotatable bonds is 15. The lowest BCUT2D eigenvalue weighted by Crippen LogP contribution is -2.16. The first-order valence-electron chi connectivity index (χ1n) is 14.2. The maximum absolute atomic E-state index is 11.2. The van der Waals surface area contributed by atoms with Crippen LogP contribution in [0.4, 0.5) is 0 Å². The molecule has 0 saturated carbocycles. The van der Waals surface area contributed by atoms with Crippen LogP contribution in [-0.2, 0) is 22.7 Å². The minimum atomic E-state index is -0.144. The van der Waals surface area contributed by atoms with E-state index in [0.717, 1.165) is 71.5 Å². The quantitative estimate of drug-likeness (QED) is 0.172. The van der Waals surface area contributed by atoms with Gasteiger partial charge in [0.15, 0.2) is 11.5 Å². The molecule has 41 heavy (non-hydrogen) atoms. The number of carbonyl (C=O) groups excluding carboxylic acids is 1. The minimum absolute atomic E-state index is 0.144. The fourth-order valence-corrected chi connectivity index (χ4v) is 4.93. The highest BCUT2D eigenvalue weighted by atomic mass is 16.6. The van der Waals surface area contributed by atoms with Crippen molar-refractivity contribution in [2.45, 2.75) is 52.2 Å². The highest BCUT2D eigenvalue weighted by Gasteiger charge is 2.16. The summed E-state index contributed by atoms with van der Waals surface area (Å²) in [7, 11) is 4.74. The molecule has 0 saturated heterocycles. The summed E-state index contributed by atoms with van der Waals surface area (Å²) >= 11 is 0. The molecule has 1 aliphatic rings. The lowest BCUT2D eigenvalue weighted by atomic mass is 9.96. The predicted molar refractivity (Wildman–Crippen MR) is 158 cm³/mol. The number of fused-ring (bicyclic) bond motifs is 1. The van der Waals surface area contributed by atoms with Gasteiger partial charge in [-0.05, 0) is 60.7 Å². The molecule has 0 atom stereocenters. The van der Waals surface area contributed by atoms with Crippen LogP contribution in [0.25, 0.3) is 11.1 Å². The summed E-state index contributed by atoms with van der Waals surface area (Å²) in [5, 5.41) is 3.48. The number of hydrogen-bond donors (Lipinski definition) is 1. The van der Waals surface area contributed by atoms with Crippen LogP contribution in [0, 0.1) is 6.92 Å². The van der Waals surface area contributed by atoms with E-state index in [4.69, 9.17) is 23.7 Å². The van der Waals surface area contributed by atoms with Crippen LogP contribution < -0.4 is 29.0 Å². The molecule has 0 amide bonds. The first-order chi connectivity index (χ1) is 20.0. The summed E-state index contributed by atoms with van der Waals surface area (Å²) < 4.78 is 33.8. The Morgan fingerprint density at radius 1 is 0.878 bits per heavy atom. The van der Waals surface area contributed by atoms with Crippen molar-refractivity contribution in [3.8, 4) is 39.9 Å². The van der Waals surface area contributed by atoms with E-state index < -0.39 is 0 Å². The van der Waals surface area contributed by atoms with Gasteiger partial charge in [-0.2, -0.15) is 0 Å². The molecule has 8 heteroatoms. The monoisotopic (exact) mass is 563 g/mol. The van der Waals surface area contributed by atoms with Crippen molar-refractivity contribution in [1.29, 1.82) is 0 Å². The number of ether oxygens (including phenoxy) is 6. The van der Waals surface area contributed by atoms with Gasteiger partial charge < -0.3 is 33.7 Å². The predicted octanol–water partition coefficient (Wildman–Crippen LogP) is 6.24. The van der Waals surface area contributed by atoms with Crippen molar-refractivity contribution in [2.24, 2.45) is 0 Å². The minimum Gasteiger partial charge on any atom is -0.496 e. The van der Waals surface area contributed by atoms with Gasteiger partial charge in [-0.3, -0.25) is 4.79 Å². The van der Waals surface area contributed by atoms with E-state index in [1.165, 1.54) is 7.11 Å². The van der Waals surface area contributed by atoms with Crippen molar-refractivity contribution in [1.82, 2.24) is 5.32 Å². The van der Waals surface area contributed by atoms with Crippen LogP contribution in [0.5, 0.6) is 28.7 Å². The van der Waals surface area contributed by atoms with Gasteiger partial charge in [0.25, 0.3) is 0 Å². The summed E-state index contributed by atoms with van der Waals surface area (Å²) in [6, 6.07) is 16.1. The van der Waals surface area contributed by atoms with Crippen molar-refractivity contribution < 1.29 is 33.2 Å². The molecule has 0 aliphatic carbocycles. The van der Waals surface area contributed by atoms with Gasteiger partial charge >= 0.3 is 5.97 Å². The molecule has 220 valence electrons. The zero-order valence-electron chi connectivity index (χ0n) is 24.5.